The second-order valence-electron chi connectivity index (χ2n) is 2.50. The molecule has 0 atom stereocenters. The van der Waals surface area contributed by atoms with Crippen molar-refractivity contribution in [1.29, 1.82) is 0 Å². The Hall–Kier alpha value is -2.25. The molecule has 2 rings (SSSR count). The van der Waals surface area contributed by atoms with Crippen LogP contribution in [0.15, 0.2) is 10.9 Å². The summed E-state index contributed by atoms with van der Waals surface area (Å²) >= 11 is 0. The Bertz CT molecular complexity index is 398. The molecule has 0 unspecified atom stereocenters. The van der Waals surface area contributed by atoms with E-state index in [1.165, 1.54) is 0 Å². The summed E-state index contributed by atoms with van der Waals surface area (Å²) in [5.41, 5.74) is 0. The number of nitrogens with zero attached hydrogens (tertiary/aromatic N) is 3. The summed E-state index contributed by atoms with van der Waals surface area (Å²) in [5.74, 6) is -1.71. The summed E-state index contributed by atoms with van der Waals surface area (Å²) in [6.07, 6.45) is 1.07. The largest absolute Gasteiger partial charge is 0.343 e. The van der Waals surface area contributed by atoms with E-state index in [9.17, 15) is 14.4 Å². The summed E-state index contributed by atoms with van der Waals surface area (Å²) < 4.78 is 4.41. The van der Waals surface area contributed by atoms with Crippen LogP contribution in [-0.4, -0.2) is 32.9 Å². The van der Waals surface area contributed by atoms with Crippen molar-refractivity contribution in [3.05, 3.63) is 12.2 Å². The zero-order chi connectivity index (χ0) is 10.1. The Morgan fingerprint density at radius 2 is 2.21 bits per heavy atom. The fourth-order valence-electron chi connectivity index (χ4n) is 0.980. The molecule has 0 saturated carbocycles. The lowest BCUT2D eigenvalue weighted by atomic mass is 10.5. The molecule has 1 N–H and O–H groups in total. The van der Waals surface area contributed by atoms with Crippen molar-refractivity contribution in [3.63, 3.8) is 0 Å². The minimum atomic E-state index is -0.946. The molecule has 8 heteroatoms. The molecule has 0 bridgehead atoms. The molecule has 14 heavy (non-hydrogen) atoms. The number of amides is 4. The molecule has 1 aliphatic rings. The molecule has 1 fully saturated rings. The Kier molecular flexibility index (Phi) is 1.73. The third kappa shape index (κ3) is 1.22. The molecule has 0 radical (unpaired) electrons. The van der Waals surface area contributed by atoms with Gasteiger partial charge in [-0.25, -0.2) is 9.69 Å². The molecule has 72 valence electrons. The Morgan fingerprint density at radius 1 is 1.43 bits per heavy atom. The van der Waals surface area contributed by atoms with Gasteiger partial charge in [-0.1, -0.05) is 5.16 Å². The normalized spacial score (nSPS) is 16.3. The molecular formula is C6H4N4O4. The van der Waals surface area contributed by atoms with Gasteiger partial charge in [-0.15, -0.1) is 0 Å². The molecule has 1 aromatic rings. The molecule has 0 spiro atoms. The highest BCUT2D eigenvalue weighted by molar-refractivity contribution is 6.44. The van der Waals surface area contributed by atoms with Gasteiger partial charge in [-0.05, 0) is 0 Å². The molecule has 1 saturated heterocycles. The average Bonchev–Trinajstić information content (AvgIpc) is 2.71. The maximum absolute atomic E-state index is 11.0. The van der Waals surface area contributed by atoms with Crippen molar-refractivity contribution >= 4 is 17.8 Å². The van der Waals surface area contributed by atoms with Crippen LogP contribution in [0.4, 0.5) is 4.79 Å². The fourth-order valence-corrected chi connectivity index (χ4v) is 0.980. The average molecular weight is 196 g/mol. The first-order valence-corrected chi connectivity index (χ1v) is 3.60. The van der Waals surface area contributed by atoms with Gasteiger partial charge in [0.1, 0.15) is 0 Å². The van der Waals surface area contributed by atoms with Crippen LogP contribution in [0.2, 0.25) is 0 Å². The lowest BCUT2D eigenvalue weighted by Gasteiger charge is -2.06. The van der Waals surface area contributed by atoms with Crippen molar-refractivity contribution in [2.24, 2.45) is 0 Å². The number of urea groups is 1. The van der Waals surface area contributed by atoms with E-state index in [2.05, 4.69) is 14.7 Å². The van der Waals surface area contributed by atoms with E-state index in [0.29, 0.717) is 4.90 Å². The second kappa shape index (κ2) is 2.91. The maximum Gasteiger partial charge on any atom is 0.331 e. The van der Waals surface area contributed by atoms with Crippen LogP contribution in [0.25, 0.3) is 0 Å². The van der Waals surface area contributed by atoms with Crippen LogP contribution in [0, 0.1) is 0 Å². The van der Waals surface area contributed by atoms with Crippen LogP contribution in [0.5, 0.6) is 0 Å². The number of nitrogens with one attached hydrogen (secondary N) is 1. The minimum absolute atomic E-state index is 0.156. The molecule has 4 amide bonds. The highest BCUT2D eigenvalue weighted by Crippen LogP contribution is 2.04. The molecule has 0 aromatic carbocycles. The highest BCUT2D eigenvalue weighted by atomic mass is 16.5. The van der Waals surface area contributed by atoms with Crippen molar-refractivity contribution in [2.45, 2.75) is 6.54 Å². The van der Waals surface area contributed by atoms with Gasteiger partial charge in [0.25, 0.3) is 0 Å². The molecular weight excluding hydrogens is 192 g/mol. The fraction of sp³-hybridized carbons (Fsp3) is 0.167. The van der Waals surface area contributed by atoms with Crippen molar-refractivity contribution in [3.8, 4) is 0 Å². The summed E-state index contributed by atoms with van der Waals surface area (Å²) in [6.45, 7) is -0.174. The number of carbonyl (C=O) groups excluding carboxylic acids is 3. The van der Waals surface area contributed by atoms with Gasteiger partial charge in [0.2, 0.25) is 6.39 Å². The molecule has 0 aliphatic carbocycles. The van der Waals surface area contributed by atoms with Crippen LogP contribution < -0.4 is 5.32 Å². The van der Waals surface area contributed by atoms with E-state index < -0.39 is 17.8 Å². The van der Waals surface area contributed by atoms with Gasteiger partial charge in [0, 0.05) is 0 Å². The maximum atomic E-state index is 11.0. The molecule has 1 aromatic heterocycles. The minimum Gasteiger partial charge on any atom is -0.343 e. The Morgan fingerprint density at radius 3 is 2.71 bits per heavy atom. The van der Waals surface area contributed by atoms with Crippen molar-refractivity contribution in [2.75, 3.05) is 0 Å². The Labute approximate surface area is 76.9 Å². The lowest BCUT2D eigenvalue weighted by Crippen LogP contribution is -2.30. The number of imide groups is 2. The number of carbonyl (C=O) groups is 3. The standard InChI is InChI=1S/C6H4N4O4/c11-4-5(12)10(6(13)8-4)1-3-7-2-14-9-3/h2H,1H2,(H,8,11,13). The van der Waals surface area contributed by atoms with E-state index in [1.54, 1.807) is 0 Å². The first kappa shape index (κ1) is 8.35. The van der Waals surface area contributed by atoms with Crippen molar-refractivity contribution in [1.82, 2.24) is 20.4 Å². The van der Waals surface area contributed by atoms with Gasteiger partial charge in [0.15, 0.2) is 5.82 Å². The SMILES string of the molecule is O=C1NC(=O)N(Cc2ncon2)C1=O. The first-order chi connectivity index (χ1) is 6.68. The summed E-state index contributed by atoms with van der Waals surface area (Å²) in [4.78, 5) is 37.1. The number of hydrogen-bond acceptors (Lipinski definition) is 6. The van der Waals surface area contributed by atoms with E-state index in [0.717, 1.165) is 6.39 Å². The molecule has 2 heterocycles. The third-order valence-corrected chi connectivity index (χ3v) is 1.61. The monoisotopic (exact) mass is 196 g/mol. The second-order valence-corrected chi connectivity index (χ2v) is 2.50. The first-order valence-electron chi connectivity index (χ1n) is 3.60. The summed E-state index contributed by atoms with van der Waals surface area (Å²) in [5, 5.41) is 5.24. The van der Waals surface area contributed by atoms with Crippen molar-refractivity contribution < 1.29 is 18.9 Å². The summed E-state index contributed by atoms with van der Waals surface area (Å²) in [7, 11) is 0. The summed E-state index contributed by atoms with van der Waals surface area (Å²) in [6, 6.07) is -0.773. The van der Waals surface area contributed by atoms with Gasteiger partial charge in [-0.2, -0.15) is 4.98 Å². The van der Waals surface area contributed by atoms with E-state index in [-0.39, 0.29) is 12.4 Å². The van der Waals surface area contributed by atoms with E-state index in [1.807, 2.05) is 5.32 Å². The zero-order valence-corrected chi connectivity index (χ0v) is 6.76. The van der Waals surface area contributed by atoms with Gasteiger partial charge in [0.05, 0.1) is 6.54 Å². The number of aromatic nitrogens is 2. The van der Waals surface area contributed by atoms with Gasteiger partial charge in [-0.3, -0.25) is 14.9 Å². The van der Waals surface area contributed by atoms with Crippen LogP contribution in [-0.2, 0) is 16.1 Å². The van der Waals surface area contributed by atoms with Crippen LogP contribution in [0.1, 0.15) is 5.82 Å². The predicted octanol–water partition coefficient (Wildman–Crippen LogP) is -1.35. The third-order valence-electron chi connectivity index (χ3n) is 1.61. The molecule has 1 aliphatic heterocycles. The van der Waals surface area contributed by atoms with Gasteiger partial charge >= 0.3 is 17.8 Å². The highest BCUT2D eigenvalue weighted by Gasteiger charge is 2.37. The van der Waals surface area contributed by atoms with E-state index >= 15 is 0 Å². The topological polar surface area (TPSA) is 105 Å². The zero-order valence-electron chi connectivity index (χ0n) is 6.76. The van der Waals surface area contributed by atoms with Crippen LogP contribution in [0.3, 0.4) is 0 Å². The van der Waals surface area contributed by atoms with E-state index in [4.69, 9.17) is 0 Å². The smallest absolute Gasteiger partial charge is 0.331 e. The Balaban J connectivity index is 2.16. The molecule has 8 nitrogen and oxygen atoms in total. The lowest BCUT2D eigenvalue weighted by molar-refractivity contribution is -0.140. The van der Waals surface area contributed by atoms with Crippen LogP contribution >= 0.6 is 0 Å². The predicted molar refractivity (Wildman–Crippen MR) is 38.4 cm³/mol. The number of rotatable bonds is 2. The number of hydrogen-bond donors (Lipinski definition) is 1. The van der Waals surface area contributed by atoms with Gasteiger partial charge < -0.3 is 4.52 Å². The quantitative estimate of drug-likeness (QED) is 0.463.